The summed E-state index contributed by atoms with van der Waals surface area (Å²) in [4.78, 5) is 0. The van der Waals surface area contributed by atoms with Gasteiger partial charge in [-0.2, -0.15) is 0 Å². The van der Waals surface area contributed by atoms with Crippen molar-refractivity contribution in [2.45, 2.75) is 43.6 Å². The Labute approximate surface area is 136 Å². The summed E-state index contributed by atoms with van der Waals surface area (Å²) in [5.74, 6) is 0.374. The largest absolute Gasteiger partial charge is 0.423 e. The molecule has 0 aliphatic heterocycles. The van der Waals surface area contributed by atoms with Crippen molar-refractivity contribution >= 4 is 9.76 Å². The fraction of sp³-hybridized carbons (Fsp3) is 0.400. The van der Waals surface area contributed by atoms with Gasteiger partial charge in [-0.25, -0.2) is 0 Å². The molecule has 0 radical (unpaired) electrons. The second-order valence-corrected chi connectivity index (χ2v) is 8.31. The van der Waals surface area contributed by atoms with Gasteiger partial charge in [-0.05, 0) is 16.7 Å². The van der Waals surface area contributed by atoms with Gasteiger partial charge >= 0.3 is 0 Å². The molecule has 1 aliphatic carbocycles. The summed E-state index contributed by atoms with van der Waals surface area (Å²) in [5.41, 5.74) is 3.65. The van der Waals surface area contributed by atoms with Crippen molar-refractivity contribution in [3.05, 3.63) is 71.8 Å². The molecule has 1 saturated carbocycles. The van der Waals surface area contributed by atoms with Gasteiger partial charge in [0.1, 0.15) is 0 Å². The number of benzene rings is 2. The standard InChI is InChI=1S/C20H26OSi/c1-4-10-17(11-5-1)20(18-12-6-2-7-13-18)16-21-22-19-14-8-3-9-15-19/h1-2,4-7,10-13,19-20H,3,8-9,14-16,22H2. The summed E-state index contributed by atoms with van der Waals surface area (Å²) < 4.78 is 6.28. The molecule has 2 aromatic rings. The van der Waals surface area contributed by atoms with Crippen molar-refractivity contribution < 1.29 is 4.43 Å². The first-order chi connectivity index (χ1) is 10.9. The zero-order chi connectivity index (χ0) is 15.0. The minimum atomic E-state index is -0.387. The van der Waals surface area contributed by atoms with E-state index in [1.807, 2.05) is 0 Å². The highest BCUT2D eigenvalue weighted by atomic mass is 28.2. The Kier molecular flexibility index (Phi) is 5.85. The summed E-state index contributed by atoms with van der Waals surface area (Å²) in [7, 11) is -0.387. The van der Waals surface area contributed by atoms with E-state index in [0.717, 1.165) is 12.1 Å². The van der Waals surface area contributed by atoms with E-state index < -0.39 is 0 Å². The fourth-order valence-corrected chi connectivity index (χ4v) is 5.08. The lowest BCUT2D eigenvalue weighted by molar-refractivity contribution is 0.305. The van der Waals surface area contributed by atoms with Crippen molar-refractivity contribution in [2.75, 3.05) is 6.61 Å². The SMILES string of the molecule is c1ccc(C(CO[SiH2]C2CCCCC2)c2ccccc2)cc1. The van der Waals surface area contributed by atoms with E-state index in [-0.39, 0.29) is 9.76 Å². The van der Waals surface area contributed by atoms with Crippen LogP contribution in [0.5, 0.6) is 0 Å². The molecule has 0 bridgehead atoms. The number of hydrogen-bond donors (Lipinski definition) is 0. The van der Waals surface area contributed by atoms with E-state index in [0.29, 0.717) is 5.92 Å². The topological polar surface area (TPSA) is 9.23 Å². The van der Waals surface area contributed by atoms with Crippen LogP contribution in [-0.4, -0.2) is 16.4 Å². The predicted molar refractivity (Wildman–Crippen MR) is 96.1 cm³/mol. The van der Waals surface area contributed by atoms with E-state index in [1.165, 1.54) is 43.2 Å². The van der Waals surface area contributed by atoms with Gasteiger partial charge in [0.15, 0.2) is 9.76 Å². The van der Waals surface area contributed by atoms with Crippen LogP contribution in [0.4, 0.5) is 0 Å². The van der Waals surface area contributed by atoms with Gasteiger partial charge in [0.05, 0.1) is 0 Å². The monoisotopic (exact) mass is 310 g/mol. The molecule has 3 rings (SSSR count). The zero-order valence-corrected chi connectivity index (χ0v) is 14.7. The molecule has 1 nitrogen and oxygen atoms in total. The van der Waals surface area contributed by atoms with E-state index >= 15 is 0 Å². The molecule has 0 N–H and O–H groups in total. The third kappa shape index (κ3) is 4.31. The Balaban J connectivity index is 1.64. The first-order valence-electron chi connectivity index (χ1n) is 8.61. The molecule has 0 atom stereocenters. The lowest BCUT2D eigenvalue weighted by atomic mass is 9.92. The van der Waals surface area contributed by atoms with E-state index in [4.69, 9.17) is 4.43 Å². The van der Waals surface area contributed by atoms with Gasteiger partial charge in [0.25, 0.3) is 0 Å². The van der Waals surface area contributed by atoms with Crippen LogP contribution in [0.3, 0.4) is 0 Å². The van der Waals surface area contributed by atoms with E-state index in [9.17, 15) is 0 Å². The molecule has 116 valence electrons. The van der Waals surface area contributed by atoms with Gasteiger partial charge < -0.3 is 4.43 Å². The highest BCUT2D eigenvalue weighted by Gasteiger charge is 2.17. The molecule has 0 amide bonds. The quantitative estimate of drug-likeness (QED) is 0.704. The van der Waals surface area contributed by atoms with Gasteiger partial charge in [-0.15, -0.1) is 0 Å². The highest BCUT2D eigenvalue weighted by molar-refractivity contribution is 6.29. The highest BCUT2D eigenvalue weighted by Crippen LogP contribution is 2.29. The Morgan fingerprint density at radius 3 is 1.91 bits per heavy atom. The minimum absolute atomic E-state index is 0.374. The minimum Gasteiger partial charge on any atom is -0.423 e. The third-order valence-corrected chi connectivity index (χ3v) is 6.53. The average molecular weight is 311 g/mol. The molecule has 2 heteroatoms. The van der Waals surface area contributed by atoms with Crippen LogP contribution < -0.4 is 0 Å². The van der Waals surface area contributed by atoms with Crippen LogP contribution in [0.2, 0.25) is 5.54 Å². The maximum atomic E-state index is 6.28. The molecule has 1 aliphatic rings. The number of rotatable bonds is 6. The summed E-state index contributed by atoms with van der Waals surface area (Å²) in [6.07, 6.45) is 7.09. The Hall–Kier alpha value is -1.38. The molecule has 1 fully saturated rings. The van der Waals surface area contributed by atoms with Crippen molar-refractivity contribution in [2.24, 2.45) is 0 Å². The molecule has 0 unspecified atom stereocenters. The first kappa shape index (κ1) is 15.5. The molecule has 22 heavy (non-hydrogen) atoms. The van der Waals surface area contributed by atoms with Crippen LogP contribution in [0.15, 0.2) is 60.7 Å². The van der Waals surface area contributed by atoms with Gasteiger partial charge in [-0.3, -0.25) is 0 Å². The molecule has 0 saturated heterocycles. The second-order valence-electron chi connectivity index (χ2n) is 6.42. The molecule has 0 spiro atoms. The summed E-state index contributed by atoms with van der Waals surface area (Å²) >= 11 is 0. The average Bonchev–Trinajstić information content (AvgIpc) is 2.61. The van der Waals surface area contributed by atoms with E-state index in [2.05, 4.69) is 60.7 Å². The third-order valence-electron chi connectivity index (χ3n) is 4.77. The van der Waals surface area contributed by atoms with Gasteiger partial charge in [-0.1, -0.05) is 92.8 Å². The van der Waals surface area contributed by atoms with Crippen LogP contribution in [-0.2, 0) is 4.43 Å². The molecule has 2 aromatic carbocycles. The molecule has 0 heterocycles. The summed E-state index contributed by atoms with van der Waals surface area (Å²) in [6, 6.07) is 21.6. The summed E-state index contributed by atoms with van der Waals surface area (Å²) in [5, 5.41) is 0. The molecular weight excluding hydrogens is 284 g/mol. The maximum Gasteiger partial charge on any atom is 0.164 e. The van der Waals surface area contributed by atoms with Crippen molar-refractivity contribution in [3.8, 4) is 0 Å². The fourth-order valence-electron chi connectivity index (χ4n) is 3.46. The van der Waals surface area contributed by atoms with Crippen molar-refractivity contribution in [3.63, 3.8) is 0 Å². The first-order valence-corrected chi connectivity index (χ1v) is 10.0. The second kappa shape index (κ2) is 8.30. The molecular formula is C20H26OSi. The van der Waals surface area contributed by atoms with Gasteiger partial charge in [0.2, 0.25) is 0 Å². The Morgan fingerprint density at radius 1 is 0.818 bits per heavy atom. The predicted octanol–water partition coefficient (Wildman–Crippen LogP) is 4.67. The lowest BCUT2D eigenvalue weighted by Crippen LogP contribution is -2.16. The normalized spacial score (nSPS) is 16.6. The van der Waals surface area contributed by atoms with Crippen LogP contribution in [0.1, 0.15) is 49.1 Å². The van der Waals surface area contributed by atoms with Crippen molar-refractivity contribution in [1.29, 1.82) is 0 Å². The number of hydrogen-bond acceptors (Lipinski definition) is 1. The Morgan fingerprint density at radius 2 is 1.36 bits per heavy atom. The van der Waals surface area contributed by atoms with Crippen molar-refractivity contribution in [1.82, 2.24) is 0 Å². The molecule has 0 aromatic heterocycles. The van der Waals surface area contributed by atoms with Crippen LogP contribution >= 0.6 is 0 Å². The maximum absolute atomic E-state index is 6.28. The zero-order valence-electron chi connectivity index (χ0n) is 13.3. The van der Waals surface area contributed by atoms with E-state index in [1.54, 1.807) is 0 Å². The smallest absolute Gasteiger partial charge is 0.164 e. The lowest BCUT2D eigenvalue weighted by Gasteiger charge is -2.23. The van der Waals surface area contributed by atoms with Gasteiger partial charge in [0, 0.05) is 12.5 Å². The van der Waals surface area contributed by atoms with Crippen LogP contribution in [0, 0.1) is 0 Å². The van der Waals surface area contributed by atoms with Crippen LogP contribution in [0.25, 0.3) is 0 Å². The Bertz CT molecular complexity index is 495. The summed E-state index contributed by atoms with van der Waals surface area (Å²) in [6.45, 7) is 0.844.